The zero-order valence-electron chi connectivity index (χ0n) is 15.6. The van der Waals surface area contributed by atoms with E-state index < -0.39 is 15.8 Å². The molecule has 3 rings (SSSR count). The molecule has 1 atom stereocenters. The van der Waals surface area contributed by atoms with Crippen molar-refractivity contribution in [2.45, 2.75) is 45.3 Å². The number of benzene rings is 1. The average Bonchev–Trinajstić information content (AvgIpc) is 2.98. The minimum atomic E-state index is -3.84. The van der Waals surface area contributed by atoms with E-state index in [0.29, 0.717) is 23.5 Å². The van der Waals surface area contributed by atoms with Crippen LogP contribution in [0.2, 0.25) is 0 Å². The van der Waals surface area contributed by atoms with Gasteiger partial charge in [-0.1, -0.05) is 6.07 Å². The first-order chi connectivity index (χ1) is 12.6. The molecule has 1 fully saturated rings. The Bertz CT molecular complexity index is 876. The molecule has 0 saturated carbocycles. The molecular weight excluding hydrogens is 372 g/mol. The maximum atomic E-state index is 12.4. The first-order valence-corrected chi connectivity index (χ1v) is 10.1. The van der Waals surface area contributed by atoms with Gasteiger partial charge >= 0.3 is 16.3 Å². The van der Waals surface area contributed by atoms with E-state index in [4.69, 9.17) is 15.2 Å². The number of fused-ring (bicyclic) bond motifs is 1. The van der Waals surface area contributed by atoms with Crippen LogP contribution in [-0.2, 0) is 14.9 Å². The molecule has 3 N–H and O–H groups in total. The Labute approximate surface area is 158 Å². The maximum Gasteiger partial charge on any atom is 0.410 e. The zero-order valence-corrected chi connectivity index (χ0v) is 16.4. The van der Waals surface area contributed by atoms with Crippen LogP contribution in [0.5, 0.6) is 5.75 Å². The second-order valence-electron chi connectivity index (χ2n) is 7.51. The Morgan fingerprint density at radius 1 is 1.41 bits per heavy atom. The van der Waals surface area contributed by atoms with Crippen LogP contribution in [0.25, 0.3) is 0 Å². The molecule has 0 aromatic heterocycles. The van der Waals surface area contributed by atoms with Crippen molar-refractivity contribution in [1.82, 2.24) is 4.90 Å². The van der Waals surface area contributed by atoms with Gasteiger partial charge in [0.15, 0.2) is 5.84 Å². The summed E-state index contributed by atoms with van der Waals surface area (Å²) in [7, 11) is -3.84. The maximum absolute atomic E-state index is 12.4. The van der Waals surface area contributed by atoms with Crippen LogP contribution >= 0.6 is 0 Å². The second kappa shape index (κ2) is 6.91. The van der Waals surface area contributed by atoms with Gasteiger partial charge < -0.3 is 20.1 Å². The topological polar surface area (TPSA) is 123 Å². The predicted octanol–water partition coefficient (Wildman–Crippen LogP) is 1.84. The van der Waals surface area contributed by atoms with Crippen LogP contribution in [0, 0.1) is 0 Å². The Hall–Kier alpha value is -2.49. The number of ether oxygens (including phenoxy) is 2. The van der Waals surface area contributed by atoms with Gasteiger partial charge in [-0.25, -0.2) is 4.79 Å². The standard InChI is InChI=1S/C17H24N4O5S/c1-17(2,3)26-16(22)21-9-5-6-11(21)10-25-13-8-4-7-12-14(13)15(18)20-27(23,24)19-12/h4,7-8,11,19H,5-6,9-10H2,1-3H3,(H2,18,20). The normalized spacial score (nSPS) is 21.1. The fourth-order valence-electron chi connectivity index (χ4n) is 3.09. The number of likely N-dealkylation sites (tertiary alicyclic amines) is 1. The van der Waals surface area contributed by atoms with Crippen molar-refractivity contribution in [3.63, 3.8) is 0 Å². The number of rotatable bonds is 3. The van der Waals surface area contributed by atoms with Crippen molar-refractivity contribution < 1.29 is 22.7 Å². The number of hydrogen-bond donors (Lipinski definition) is 2. The van der Waals surface area contributed by atoms with E-state index in [-0.39, 0.29) is 24.6 Å². The van der Waals surface area contributed by atoms with E-state index in [1.165, 1.54) is 0 Å². The summed E-state index contributed by atoms with van der Waals surface area (Å²) in [5.41, 5.74) is 5.97. The summed E-state index contributed by atoms with van der Waals surface area (Å²) in [6.45, 7) is 6.33. The van der Waals surface area contributed by atoms with Crippen molar-refractivity contribution in [2.24, 2.45) is 10.1 Å². The molecule has 10 heteroatoms. The number of anilines is 1. The number of amides is 1. The Balaban J connectivity index is 1.73. The second-order valence-corrected chi connectivity index (χ2v) is 8.85. The first-order valence-electron chi connectivity index (χ1n) is 8.70. The van der Waals surface area contributed by atoms with Crippen molar-refractivity contribution >= 4 is 27.8 Å². The lowest BCUT2D eigenvalue weighted by atomic mass is 10.1. The largest absolute Gasteiger partial charge is 0.491 e. The Morgan fingerprint density at radius 2 is 2.15 bits per heavy atom. The molecule has 9 nitrogen and oxygen atoms in total. The molecule has 0 radical (unpaired) electrons. The highest BCUT2D eigenvalue weighted by Gasteiger charge is 2.33. The molecule has 2 heterocycles. The molecule has 1 aromatic carbocycles. The highest BCUT2D eigenvalue weighted by Crippen LogP contribution is 2.31. The molecule has 0 aliphatic carbocycles. The number of nitrogens with zero attached hydrogens (tertiary/aromatic N) is 2. The fraction of sp³-hybridized carbons (Fsp3) is 0.529. The lowest BCUT2D eigenvalue weighted by Crippen LogP contribution is -2.42. The molecule has 1 aromatic rings. The molecule has 2 aliphatic heterocycles. The fourth-order valence-corrected chi connectivity index (χ4v) is 3.94. The van der Waals surface area contributed by atoms with Gasteiger partial charge in [0.25, 0.3) is 0 Å². The molecule has 1 unspecified atom stereocenters. The van der Waals surface area contributed by atoms with Gasteiger partial charge in [-0.3, -0.25) is 4.72 Å². The molecule has 1 saturated heterocycles. The highest BCUT2D eigenvalue weighted by molar-refractivity contribution is 7.91. The summed E-state index contributed by atoms with van der Waals surface area (Å²) in [6, 6.07) is 4.81. The number of hydrogen-bond acceptors (Lipinski definition) is 6. The van der Waals surface area contributed by atoms with Gasteiger partial charge in [0.05, 0.1) is 17.3 Å². The number of amidine groups is 1. The zero-order chi connectivity index (χ0) is 19.8. The summed E-state index contributed by atoms with van der Waals surface area (Å²) < 4.78 is 40.5. The minimum Gasteiger partial charge on any atom is -0.491 e. The first kappa shape index (κ1) is 19.3. The SMILES string of the molecule is CC(C)(C)OC(=O)N1CCCC1COc1cccc2c1C(N)=NS(=O)(=O)N2. The van der Waals surface area contributed by atoms with Gasteiger partial charge in [0.2, 0.25) is 0 Å². The van der Waals surface area contributed by atoms with Gasteiger partial charge in [0.1, 0.15) is 18.0 Å². The Kier molecular flexibility index (Phi) is 4.94. The number of nitrogens with one attached hydrogen (secondary N) is 1. The third-order valence-corrected chi connectivity index (χ3v) is 5.09. The van der Waals surface area contributed by atoms with Crippen molar-refractivity contribution in [2.75, 3.05) is 17.9 Å². The molecule has 0 bridgehead atoms. The molecular formula is C17H24N4O5S. The van der Waals surface area contributed by atoms with E-state index in [0.717, 1.165) is 12.8 Å². The monoisotopic (exact) mass is 396 g/mol. The molecule has 0 spiro atoms. The van der Waals surface area contributed by atoms with Gasteiger partial charge in [-0.2, -0.15) is 8.42 Å². The van der Waals surface area contributed by atoms with E-state index in [2.05, 4.69) is 9.12 Å². The average molecular weight is 396 g/mol. The van der Waals surface area contributed by atoms with Crippen LogP contribution in [0.1, 0.15) is 39.2 Å². The Morgan fingerprint density at radius 3 is 2.85 bits per heavy atom. The third kappa shape index (κ3) is 4.44. The number of carbonyl (C=O) groups excluding carboxylic acids is 1. The summed E-state index contributed by atoms with van der Waals surface area (Å²) in [4.78, 5) is 14.0. The van der Waals surface area contributed by atoms with Crippen LogP contribution in [0.3, 0.4) is 0 Å². The number of nitrogens with two attached hydrogens (primary N) is 1. The summed E-state index contributed by atoms with van der Waals surface area (Å²) in [6.07, 6.45) is 1.30. The van der Waals surface area contributed by atoms with Crippen molar-refractivity contribution in [3.8, 4) is 5.75 Å². The highest BCUT2D eigenvalue weighted by atomic mass is 32.2. The number of carbonyl (C=O) groups is 1. The molecule has 1 amide bonds. The van der Waals surface area contributed by atoms with Crippen LogP contribution in [0.15, 0.2) is 22.6 Å². The van der Waals surface area contributed by atoms with Gasteiger partial charge in [-0.15, -0.1) is 4.40 Å². The smallest absolute Gasteiger partial charge is 0.410 e. The summed E-state index contributed by atoms with van der Waals surface area (Å²) in [5.74, 6) is 0.280. The lowest BCUT2D eigenvalue weighted by Gasteiger charge is -2.29. The van der Waals surface area contributed by atoms with Crippen LogP contribution in [0.4, 0.5) is 10.5 Å². The minimum absolute atomic E-state index is 0.130. The van der Waals surface area contributed by atoms with Crippen molar-refractivity contribution in [1.29, 1.82) is 0 Å². The molecule has 2 aliphatic rings. The predicted molar refractivity (Wildman–Crippen MR) is 101 cm³/mol. The molecule has 148 valence electrons. The summed E-state index contributed by atoms with van der Waals surface area (Å²) >= 11 is 0. The van der Waals surface area contributed by atoms with E-state index in [1.54, 1.807) is 23.1 Å². The quantitative estimate of drug-likeness (QED) is 0.803. The van der Waals surface area contributed by atoms with Crippen LogP contribution < -0.4 is 15.2 Å². The van der Waals surface area contributed by atoms with Gasteiger partial charge in [-0.05, 0) is 45.7 Å². The van der Waals surface area contributed by atoms with E-state index >= 15 is 0 Å². The van der Waals surface area contributed by atoms with E-state index in [1.807, 2.05) is 20.8 Å². The van der Waals surface area contributed by atoms with Gasteiger partial charge in [0, 0.05) is 6.54 Å². The van der Waals surface area contributed by atoms with Crippen LogP contribution in [-0.4, -0.2) is 50.0 Å². The van der Waals surface area contributed by atoms with E-state index in [9.17, 15) is 13.2 Å². The summed E-state index contributed by atoms with van der Waals surface area (Å²) in [5, 5.41) is 0. The molecule has 27 heavy (non-hydrogen) atoms. The van der Waals surface area contributed by atoms with Crippen molar-refractivity contribution in [3.05, 3.63) is 23.8 Å². The third-order valence-electron chi connectivity index (χ3n) is 4.18. The lowest BCUT2D eigenvalue weighted by molar-refractivity contribution is 0.0187.